The second-order valence-corrected chi connectivity index (χ2v) is 19.0. The summed E-state index contributed by atoms with van der Waals surface area (Å²) in [4.78, 5) is 17.8. The van der Waals surface area contributed by atoms with Gasteiger partial charge in [-0.3, -0.25) is 4.90 Å². The highest BCUT2D eigenvalue weighted by atomic mass is 35.5. The van der Waals surface area contributed by atoms with E-state index in [0.717, 1.165) is 19.4 Å². The third-order valence-corrected chi connectivity index (χ3v) is 15.5. The summed E-state index contributed by atoms with van der Waals surface area (Å²) in [5.74, 6) is -0.146. The van der Waals surface area contributed by atoms with Gasteiger partial charge in [-0.2, -0.15) is 15.0 Å². The van der Waals surface area contributed by atoms with E-state index in [1.54, 1.807) is 0 Å². The highest BCUT2D eigenvalue weighted by Gasteiger charge is 2.51. The molecule has 0 N–H and O–H groups in total. The number of aromatic nitrogens is 3. The summed E-state index contributed by atoms with van der Waals surface area (Å²) in [6, 6.07) is 20.8. The van der Waals surface area contributed by atoms with Gasteiger partial charge in [0, 0.05) is 19.5 Å². The molecule has 12 heteroatoms. The third-order valence-electron chi connectivity index (χ3n) is 10.2. The predicted molar refractivity (Wildman–Crippen MR) is 187 cm³/mol. The molecule has 8 nitrogen and oxygen atoms in total. The molecule has 0 radical (unpaired) electrons. The van der Waals surface area contributed by atoms with Crippen LogP contribution < -0.4 is 24.7 Å². The molecule has 0 aliphatic carbocycles. The first-order chi connectivity index (χ1) is 23.0. The molecular formula is C36H42ClF2N5O3Si. The van der Waals surface area contributed by atoms with E-state index >= 15 is 4.39 Å². The third kappa shape index (κ3) is 5.72. The number of hydrogen-bond donors (Lipinski definition) is 0. The summed E-state index contributed by atoms with van der Waals surface area (Å²) in [6.45, 7) is 11.3. The minimum atomic E-state index is -2.82. The van der Waals surface area contributed by atoms with Gasteiger partial charge in [0.15, 0.2) is 11.0 Å². The van der Waals surface area contributed by atoms with Gasteiger partial charge >= 0.3 is 6.01 Å². The predicted octanol–water partition coefficient (Wildman–Crippen LogP) is 5.94. The number of benzene rings is 2. The zero-order valence-electron chi connectivity index (χ0n) is 27.9. The fourth-order valence-corrected chi connectivity index (χ4v) is 12.7. The second kappa shape index (κ2) is 12.8. The molecule has 2 fully saturated rings. The maximum absolute atomic E-state index is 15.7. The lowest BCUT2D eigenvalue weighted by molar-refractivity contribution is 0.107. The van der Waals surface area contributed by atoms with Crippen molar-refractivity contribution < 1.29 is 22.7 Å². The fraction of sp³-hybridized carbons (Fsp3) is 0.472. The summed E-state index contributed by atoms with van der Waals surface area (Å²) in [6.07, 6.45) is 1.31. The maximum Gasteiger partial charge on any atom is 0.319 e. The van der Waals surface area contributed by atoms with Crippen molar-refractivity contribution in [1.82, 2.24) is 19.9 Å². The lowest BCUT2D eigenvalue weighted by Crippen LogP contribution is -2.67. The summed E-state index contributed by atoms with van der Waals surface area (Å²) < 4.78 is 49.7. The molecule has 0 amide bonds. The number of hydrogen-bond acceptors (Lipinski definition) is 8. The highest BCUT2D eigenvalue weighted by Crippen LogP contribution is 2.42. The van der Waals surface area contributed by atoms with Crippen LogP contribution >= 0.6 is 11.6 Å². The van der Waals surface area contributed by atoms with Crippen LogP contribution in [0, 0.1) is 5.82 Å². The summed E-state index contributed by atoms with van der Waals surface area (Å²) >= 11 is 6.24. The number of fused-ring (bicyclic) bond motifs is 1. The molecule has 2 saturated heterocycles. The number of nitrogens with zero attached hydrogens (tertiary/aromatic N) is 5. The number of anilines is 1. The van der Waals surface area contributed by atoms with Gasteiger partial charge < -0.3 is 18.8 Å². The molecule has 0 unspecified atom stereocenters. The number of rotatable bonds is 9. The number of ether oxygens (including phenoxy) is 2. The van der Waals surface area contributed by atoms with Gasteiger partial charge in [-0.15, -0.1) is 0 Å². The Morgan fingerprint density at radius 3 is 2.40 bits per heavy atom. The Labute approximate surface area is 286 Å². The van der Waals surface area contributed by atoms with Crippen LogP contribution in [-0.2, 0) is 4.43 Å². The summed E-state index contributed by atoms with van der Waals surface area (Å²) in [5, 5.41) is 2.18. The quantitative estimate of drug-likeness (QED) is 0.158. The lowest BCUT2D eigenvalue weighted by Gasteiger charge is -2.43. The van der Waals surface area contributed by atoms with Crippen LogP contribution in [0.2, 0.25) is 10.2 Å². The van der Waals surface area contributed by atoms with Gasteiger partial charge in [0.25, 0.3) is 8.32 Å². The Balaban J connectivity index is 1.25. The van der Waals surface area contributed by atoms with Crippen LogP contribution in [0.4, 0.5) is 14.6 Å². The molecule has 0 saturated carbocycles. The molecule has 48 heavy (non-hydrogen) atoms. The van der Waals surface area contributed by atoms with Crippen molar-refractivity contribution in [2.75, 3.05) is 44.4 Å². The van der Waals surface area contributed by atoms with Crippen molar-refractivity contribution in [3.63, 3.8) is 0 Å². The lowest BCUT2D eigenvalue weighted by atomic mass is 9.95. The molecule has 254 valence electrons. The van der Waals surface area contributed by atoms with Crippen LogP contribution in [0.25, 0.3) is 10.9 Å². The number of pyridine rings is 1. The summed E-state index contributed by atoms with van der Waals surface area (Å²) in [5.41, 5.74) is -0.432. The Bertz CT molecular complexity index is 1740. The largest absolute Gasteiger partial charge is 0.475 e. The van der Waals surface area contributed by atoms with Gasteiger partial charge in [0.1, 0.15) is 36.1 Å². The minimum absolute atomic E-state index is 0.0140. The van der Waals surface area contributed by atoms with Crippen LogP contribution in [0.1, 0.15) is 47.0 Å². The fourth-order valence-electron chi connectivity index (χ4n) is 7.98. The van der Waals surface area contributed by atoms with Gasteiger partial charge in [0.2, 0.25) is 5.88 Å². The molecule has 0 spiro atoms. The smallest absolute Gasteiger partial charge is 0.319 e. The van der Waals surface area contributed by atoms with Crippen LogP contribution in [0.3, 0.4) is 0 Å². The van der Waals surface area contributed by atoms with E-state index in [1.165, 1.54) is 10.4 Å². The van der Waals surface area contributed by atoms with Crippen molar-refractivity contribution in [2.24, 2.45) is 0 Å². The van der Waals surface area contributed by atoms with E-state index in [1.807, 2.05) is 19.1 Å². The highest BCUT2D eigenvalue weighted by molar-refractivity contribution is 6.99. The van der Waals surface area contributed by atoms with Crippen molar-refractivity contribution in [1.29, 1.82) is 0 Å². The average molecular weight is 694 g/mol. The molecular weight excluding hydrogens is 652 g/mol. The summed E-state index contributed by atoms with van der Waals surface area (Å²) in [7, 11) is -2.82. The SMILES string of the molecule is C[C@H]1COc2nc(Cl)c(F)c3nc(OC[C@@]45CCCN4C[C@H](F)C5)nc(c23)N1CCO[Si](c1ccccc1)(c1ccccc1)C(C)(C)C. The molecule has 3 aliphatic heterocycles. The van der Waals surface area contributed by atoms with Gasteiger partial charge in [-0.25, -0.2) is 8.78 Å². The number of halogens is 3. The van der Waals surface area contributed by atoms with Crippen molar-refractivity contribution in [2.45, 2.75) is 69.7 Å². The van der Waals surface area contributed by atoms with E-state index in [9.17, 15) is 4.39 Å². The minimum Gasteiger partial charge on any atom is -0.475 e. The molecule has 3 aliphatic rings. The van der Waals surface area contributed by atoms with E-state index in [2.05, 4.69) is 89.1 Å². The van der Waals surface area contributed by atoms with E-state index in [0.29, 0.717) is 37.3 Å². The van der Waals surface area contributed by atoms with Crippen molar-refractivity contribution in [3.8, 4) is 11.9 Å². The van der Waals surface area contributed by atoms with E-state index in [4.69, 9.17) is 30.5 Å². The number of alkyl halides is 1. The molecule has 7 rings (SSSR count). The molecule has 0 bridgehead atoms. The first kappa shape index (κ1) is 33.1. The molecule has 3 atom stereocenters. The van der Waals surface area contributed by atoms with Gasteiger partial charge in [-0.1, -0.05) is 93.0 Å². The van der Waals surface area contributed by atoms with Crippen molar-refractivity contribution in [3.05, 3.63) is 71.6 Å². The molecule has 2 aromatic heterocycles. The zero-order valence-corrected chi connectivity index (χ0v) is 29.6. The standard InChI is InChI=1S/C36H42ClF2N5O3Si/c1-24-22-45-33-28-30(29(39)31(37)41-33)40-34(46-23-36-16-11-17-43(36)21-25(38)20-36)42-32(28)44(24)18-19-47-48(35(2,3)4,26-12-7-5-8-13-26)27-14-9-6-10-15-27/h5-10,12-15,24-25H,11,16-23H2,1-4H3/t24-,25+,36-/m0/s1. The van der Waals surface area contributed by atoms with Crippen molar-refractivity contribution >= 4 is 47.0 Å². The second-order valence-electron chi connectivity index (χ2n) is 14.3. The Morgan fingerprint density at radius 1 is 1.04 bits per heavy atom. The maximum atomic E-state index is 15.7. The topological polar surface area (TPSA) is 72.8 Å². The first-order valence-electron chi connectivity index (χ1n) is 16.8. The molecule has 4 aromatic rings. The molecule has 2 aromatic carbocycles. The normalized spacial score (nSPS) is 22.9. The van der Waals surface area contributed by atoms with Gasteiger partial charge in [0.05, 0.1) is 18.2 Å². The first-order valence-corrected chi connectivity index (χ1v) is 19.0. The van der Waals surface area contributed by atoms with Crippen LogP contribution in [-0.4, -0.2) is 85.4 Å². The van der Waals surface area contributed by atoms with Gasteiger partial charge in [-0.05, 0) is 41.7 Å². The average Bonchev–Trinajstić information content (AvgIpc) is 3.56. The Kier molecular flexibility index (Phi) is 8.85. The Morgan fingerprint density at radius 2 is 1.73 bits per heavy atom. The van der Waals surface area contributed by atoms with E-state index in [-0.39, 0.29) is 46.9 Å². The monoisotopic (exact) mass is 693 g/mol. The Hall–Kier alpha value is -3.38. The molecule has 5 heterocycles. The van der Waals surface area contributed by atoms with Crippen LogP contribution in [0.5, 0.6) is 11.9 Å². The zero-order chi connectivity index (χ0) is 33.7. The van der Waals surface area contributed by atoms with Crippen LogP contribution in [0.15, 0.2) is 60.7 Å². The van der Waals surface area contributed by atoms with E-state index < -0.39 is 25.8 Å².